The lowest BCUT2D eigenvalue weighted by Crippen LogP contribution is -2.03. The maximum Gasteiger partial charge on any atom is 0.142 e. The Balaban J connectivity index is 1.69. The quantitative estimate of drug-likeness (QED) is 0.682. The maximum absolute atomic E-state index is 5.62. The van der Waals surface area contributed by atoms with Crippen LogP contribution in [0.15, 0.2) is 67.0 Å². The van der Waals surface area contributed by atoms with Crippen LogP contribution >= 0.6 is 0 Å². The van der Waals surface area contributed by atoms with E-state index in [0.717, 1.165) is 17.3 Å². The summed E-state index contributed by atoms with van der Waals surface area (Å²) in [6.45, 7) is 3.30. The third kappa shape index (κ3) is 4.23. The summed E-state index contributed by atoms with van der Waals surface area (Å²) in [5.41, 5.74) is 2.08. The molecule has 1 heterocycles. The van der Waals surface area contributed by atoms with Gasteiger partial charge in [0.05, 0.1) is 12.3 Å². The first-order valence-electron chi connectivity index (χ1n) is 7.94. The van der Waals surface area contributed by atoms with Gasteiger partial charge in [0.1, 0.15) is 23.7 Å². The van der Waals surface area contributed by atoms with Crippen LogP contribution in [0.1, 0.15) is 12.5 Å². The van der Waals surface area contributed by atoms with E-state index < -0.39 is 0 Å². The van der Waals surface area contributed by atoms with Gasteiger partial charge in [-0.3, -0.25) is 0 Å². The molecule has 0 unspecified atom stereocenters. The zero-order valence-corrected chi connectivity index (χ0v) is 13.6. The Labute approximate surface area is 141 Å². The van der Waals surface area contributed by atoms with Gasteiger partial charge in [0.2, 0.25) is 0 Å². The SMILES string of the molecule is CCOc1ccccc1Nc1cc(NCc2ccccc2)ncn1. The van der Waals surface area contributed by atoms with Crippen LogP contribution in [0, 0.1) is 0 Å². The van der Waals surface area contributed by atoms with E-state index in [-0.39, 0.29) is 0 Å². The standard InChI is InChI=1S/C19H20N4O/c1-2-24-17-11-7-6-10-16(17)23-19-12-18(21-14-22-19)20-13-15-8-4-3-5-9-15/h3-12,14H,2,13H2,1H3,(H2,20,21,22,23). The van der Waals surface area contributed by atoms with Crippen molar-refractivity contribution in [3.05, 3.63) is 72.6 Å². The minimum absolute atomic E-state index is 0.617. The Hall–Kier alpha value is -3.08. The van der Waals surface area contributed by atoms with Crippen molar-refractivity contribution in [1.29, 1.82) is 0 Å². The molecule has 2 aromatic carbocycles. The summed E-state index contributed by atoms with van der Waals surface area (Å²) in [5.74, 6) is 2.29. The van der Waals surface area contributed by atoms with E-state index in [1.807, 2.05) is 55.5 Å². The van der Waals surface area contributed by atoms with Crippen molar-refractivity contribution in [3.8, 4) is 5.75 Å². The molecule has 0 spiro atoms. The Kier molecular flexibility index (Phi) is 5.24. The van der Waals surface area contributed by atoms with Gasteiger partial charge in [-0.15, -0.1) is 0 Å². The fourth-order valence-electron chi connectivity index (χ4n) is 2.30. The number of rotatable bonds is 7. The molecule has 0 atom stereocenters. The molecule has 0 aliphatic heterocycles. The average Bonchev–Trinajstić information content (AvgIpc) is 2.63. The molecule has 0 fully saturated rings. The van der Waals surface area contributed by atoms with Crippen LogP contribution in [0.5, 0.6) is 5.75 Å². The van der Waals surface area contributed by atoms with Crippen molar-refractivity contribution >= 4 is 17.3 Å². The van der Waals surface area contributed by atoms with E-state index in [2.05, 4.69) is 32.7 Å². The van der Waals surface area contributed by atoms with Crippen LogP contribution in [0.3, 0.4) is 0 Å². The number of hydrogen-bond acceptors (Lipinski definition) is 5. The third-order valence-corrected chi connectivity index (χ3v) is 3.43. The van der Waals surface area contributed by atoms with E-state index in [1.54, 1.807) is 6.33 Å². The van der Waals surface area contributed by atoms with Gasteiger partial charge in [0, 0.05) is 12.6 Å². The molecular weight excluding hydrogens is 300 g/mol. The number of ether oxygens (including phenoxy) is 1. The van der Waals surface area contributed by atoms with E-state index >= 15 is 0 Å². The smallest absolute Gasteiger partial charge is 0.142 e. The second kappa shape index (κ2) is 7.97. The average molecular weight is 320 g/mol. The van der Waals surface area contributed by atoms with Gasteiger partial charge >= 0.3 is 0 Å². The summed E-state index contributed by atoms with van der Waals surface area (Å²) < 4.78 is 5.62. The molecular formula is C19H20N4O. The van der Waals surface area contributed by atoms with Crippen LogP contribution in [0.25, 0.3) is 0 Å². The van der Waals surface area contributed by atoms with Gasteiger partial charge in [0.25, 0.3) is 0 Å². The van der Waals surface area contributed by atoms with Crippen molar-refractivity contribution in [2.45, 2.75) is 13.5 Å². The van der Waals surface area contributed by atoms with Crippen molar-refractivity contribution in [2.24, 2.45) is 0 Å². The lowest BCUT2D eigenvalue weighted by atomic mass is 10.2. The van der Waals surface area contributed by atoms with Crippen LogP contribution < -0.4 is 15.4 Å². The van der Waals surface area contributed by atoms with Gasteiger partial charge in [-0.05, 0) is 24.6 Å². The number of hydrogen-bond donors (Lipinski definition) is 2. The number of nitrogens with zero attached hydrogens (tertiary/aromatic N) is 2. The second-order valence-electron chi connectivity index (χ2n) is 5.18. The molecule has 5 nitrogen and oxygen atoms in total. The lowest BCUT2D eigenvalue weighted by Gasteiger charge is -2.12. The molecule has 0 saturated heterocycles. The molecule has 24 heavy (non-hydrogen) atoms. The molecule has 3 rings (SSSR count). The van der Waals surface area contributed by atoms with Gasteiger partial charge in [0.15, 0.2) is 0 Å². The molecule has 0 radical (unpaired) electrons. The summed E-state index contributed by atoms with van der Waals surface area (Å²) in [5, 5.41) is 6.58. The monoisotopic (exact) mass is 320 g/mol. The molecule has 0 saturated carbocycles. The van der Waals surface area contributed by atoms with E-state index in [1.165, 1.54) is 5.56 Å². The highest BCUT2D eigenvalue weighted by Gasteiger charge is 2.05. The van der Waals surface area contributed by atoms with E-state index in [9.17, 15) is 0 Å². The molecule has 0 bridgehead atoms. The lowest BCUT2D eigenvalue weighted by molar-refractivity contribution is 0.342. The maximum atomic E-state index is 5.62. The summed E-state index contributed by atoms with van der Waals surface area (Å²) in [4.78, 5) is 8.53. The van der Waals surface area contributed by atoms with Gasteiger partial charge < -0.3 is 15.4 Å². The Morgan fingerprint density at radius 3 is 2.50 bits per heavy atom. The topological polar surface area (TPSA) is 59.1 Å². The Bertz CT molecular complexity index is 777. The minimum Gasteiger partial charge on any atom is -0.492 e. The highest BCUT2D eigenvalue weighted by Crippen LogP contribution is 2.27. The number of para-hydroxylation sites is 2. The first-order chi connectivity index (χ1) is 11.8. The minimum atomic E-state index is 0.617. The second-order valence-corrected chi connectivity index (χ2v) is 5.18. The van der Waals surface area contributed by atoms with E-state index in [4.69, 9.17) is 4.74 Å². The number of aromatic nitrogens is 2. The van der Waals surface area contributed by atoms with Gasteiger partial charge in [-0.2, -0.15) is 0 Å². The third-order valence-electron chi connectivity index (χ3n) is 3.43. The molecule has 0 amide bonds. The van der Waals surface area contributed by atoms with Crippen molar-refractivity contribution in [3.63, 3.8) is 0 Å². The Morgan fingerprint density at radius 1 is 0.917 bits per heavy atom. The van der Waals surface area contributed by atoms with Crippen LogP contribution in [0.2, 0.25) is 0 Å². The highest BCUT2D eigenvalue weighted by molar-refractivity contribution is 5.65. The van der Waals surface area contributed by atoms with Crippen molar-refractivity contribution in [2.75, 3.05) is 17.2 Å². The molecule has 0 aliphatic rings. The fourth-order valence-corrected chi connectivity index (χ4v) is 2.30. The molecule has 1 aromatic heterocycles. The predicted molar refractivity (Wildman–Crippen MR) is 96.7 cm³/mol. The summed E-state index contributed by atoms with van der Waals surface area (Å²) in [7, 11) is 0. The molecule has 122 valence electrons. The molecule has 3 aromatic rings. The largest absolute Gasteiger partial charge is 0.492 e. The summed E-state index contributed by atoms with van der Waals surface area (Å²) in [6, 6.07) is 19.9. The van der Waals surface area contributed by atoms with E-state index in [0.29, 0.717) is 19.0 Å². The number of anilines is 3. The first kappa shape index (κ1) is 15.8. The summed E-state index contributed by atoms with van der Waals surface area (Å²) in [6.07, 6.45) is 1.54. The van der Waals surface area contributed by atoms with Crippen molar-refractivity contribution in [1.82, 2.24) is 9.97 Å². The highest BCUT2D eigenvalue weighted by atomic mass is 16.5. The molecule has 0 aliphatic carbocycles. The number of benzene rings is 2. The normalized spacial score (nSPS) is 10.2. The van der Waals surface area contributed by atoms with Crippen LogP contribution in [0.4, 0.5) is 17.3 Å². The number of nitrogens with one attached hydrogen (secondary N) is 2. The fraction of sp³-hybridized carbons (Fsp3) is 0.158. The molecule has 5 heteroatoms. The summed E-state index contributed by atoms with van der Waals surface area (Å²) >= 11 is 0. The predicted octanol–water partition coefficient (Wildman–Crippen LogP) is 4.23. The van der Waals surface area contributed by atoms with Crippen molar-refractivity contribution < 1.29 is 4.74 Å². The zero-order chi connectivity index (χ0) is 16.6. The molecule has 2 N–H and O–H groups in total. The Morgan fingerprint density at radius 2 is 1.67 bits per heavy atom. The zero-order valence-electron chi connectivity index (χ0n) is 13.6. The van der Waals surface area contributed by atoms with Crippen LogP contribution in [-0.4, -0.2) is 16.6 Å². The van der Waals surface area contributed by atoms with Crippen LogP contribution in [-0.2, 0) is 6.54 Å². The van der Waals surface area contributed by atoms with Gasteiger partial charge in [-0.25, -0.2) is 9.97 Å². The van der Waals surface area contributed by atoms with Gasteiger partial charge in [-0.1, -0.05) is 42.5 Å². The first-order valence-corrected chi connectivity index (χ1v) is 7.94.